The topological polar surface area (TPSA) is 85.5 Å². The summed E-state index contributed by atoms with van der Waals surface area (Å²) in [5, 5.41) is 7.88. The average molecular weight is 391 g/mol. The highest BCUT2D eigenvalue weighted by Crippen LogP contribution is 2.21. The van der Waals surface area contributed by atoms with Crippen molar-refractivity contribution in [2.45, 2.75) is 19.4 Å². The average Bonchev–Trinajstić information content (AvgIpc) is 3.39. The van der Waals surface area contributed by atoms with Gasteiger partial charge in [-0.05, 0) is 24.1 Å². The lowest BCUT2D eigenvalue weighted by Crippen LogP contribution is -2.28. The van der Waals surface area contributed by atoms with Crippen molar-refractivity contribution < 1.29 is 18.7 Å². The van der Waals surface area contributed by atoms with Crippen LogP contribution in [-0.2, 0) is 27.4 Å². The number of rotatable bonds is 7. The van der Waals surface area contributed by atoms with Crippen molar-refractivity contribution in [2.24, 2.45) is 5.92 Å². The van der Waals surface area contributed by atoms with Gasteiger partial charge in [0.05, 0.1) is 5.92 Å². The van der Waals surface area contributed by atoms with E-state index >= 15 is 0 Å². The van der Waals surface area contributed by atoms with Crippen LogP contribution < -0.4 is 0 Å². The molecule has 2 aromatic carbocycles. The van der Waals surface area contributed by atoms with Gasteiger partial charge in [0.15, 0.2) is 6.61 Å². The quantitative estimate of drug-likeness (QED) is 0.576. The van der Waals surface area contributed by atoms with Gasteiger partial charge in [-0.2, -0.15) is 0 Å². The fourth-order valence-electron chi connectivity index (χ4n) is 3.31. The molecule has 148 valence electrons. The highest BCUT2D eigenvalue weighted by molar-refractivity contribution is 5.86. The van der Waals surface area contributed by atoms with E-state index in [4.69, 9.17) is 9.15 Å². The van der Waals surface area contributed by atoms with Crippen molar-refractivity contribution in [3.05, 3.63) is 72.1 Å². The van der Waals surface area contributed by atoms with Crippen LogP contribution in [0.2, 0.25) is 0 Å². The molecule has 0 saturated carbocycles. The van der Waals surface area contributed by atoms with E-state index in [1.54, 1.807) is 4.90 Å². The van der Waals surface area contributed by atoms with Crippen LogP contribution in [0.4, 0.5) is 0 Å². The van der Waals surface area contributed by atoms with Gasteiger partial charge in [-0.25, -0.2) is 0 Å². The molecule has 1 aliphatic heterocycles. The monoisotopic (exact) mass is 391 g/mol. The predicted molar refractivity (Wildman–Crippen MR) is 104 cm³/mol. The van der Waals surface area contributed by atoms with Crippen molar-refractivity contribution in [3.63, 3.8) is 0 Å². The maximum atomic E-state index is 12.4. The molecule has 0 spiro atoms. The number of benzene rings is 2. The number of carbonyl (C=O) groups excluding carboxylic acids is 2. The molecule has 0 unspecified atom stereocenters. The van der Waals surface area contributed by atoms with Crippen molar-refractivity contribution in [1.82, 2.24) is 15.1 Å². The lowest BCUT2D eigenvalue weighted by molar-refractivity contribution is -0.150. The van der Waals surface area contributed by atoms with Crippen LogP contribution in [0.25, 0.3) is 11.5 Å². The van der Waals surface area contributed by atoms with Crippen molar-refractivity contribution >= 4 is 11.9 Å². The number of hydrogen-bond donors (Lipinski definition) is 0. The third-order valence-corrected chi connectivity index (χ3v) is 4.89. The second-order valence-corrected chi connectivity index (χ2v) is 6.95. The molecular formula is C22H21N3O4. The second-order valence-electron chi connectivity index (χ2n) is 6.95. The molecule has 1 saturated heterocycles. The minimum absolute atomic E-state index is 0.0213. The lowest BCUT2D eigenvalue weighted by Gasteiger charge is -2.16. The van der Waals surface area contributed by atoms with E-state index in [1.165, 1.54) is 0 Å². The Morgan fingerprint density at radius 2 is 1.79 bits per heavy atom. The van der Waals surface area contributed by atoms with Crippen LogP contribution in [0.15, 0.2) is 65.1 Å². The highest BCUT2D eigenvalue weighted by Gasteiger charge is 2.35. The molecule has 1 aromatic heterocycles. The third kappa shape index (κ3) is 4.68. The Labute approximate surface area is 168 Å². The van der Waals surface area contributed by atoms with Gasteiger partial charge in [0.2, 0.25) is 11.8 Å². The van der Waals surface area contributed by atoms with E-state index in [-0.39, 0.29) is 24.8 Å². The summed E-state index contributed by atoms with van der Waals surface area (Å²) in [6.07, 6.45) is 0.936. The molecule has 0 aliphatic carbocycles. The van der Waals surface area contributed by atoms with E-state index in [1.807, 2.05) is 60.7 Å². The Balaban J connectivity index is 1.27. The zero-order chi connectivity index (χ0) is 20.1. The molecule has 29 heavy (non-hydrogen) atoms. The van der Waals surface area contributed by atoms with Crippen molar-refractivity contribution in [3.8, 4) is 11.5 Å². The van der Waals surface area contributed by atoms with Gasteiger partial charge in [-0.15, -0.1) is 10.2 Å². The van der Waals surface area contributed by atoms with Gasteiger partial charge >= 0.3 is 5.97 Å². The summed E-state index contributed by atoms with van der Waals surface area (Å²) in [6.45, 7) is 0.869. The highest BCUT2D eigenvalue weighted by atomic mass is 16.5. The fourth-order valence-corrected chi connectivity index (χ4v) is 3.31. The van der Waals surface area contributed by atoms with E-state index in [0.29, 0.717) is 19.0 Å². The first-order chi connectivity index (χ1) is 14.2. The molecule has 0 radical (unpaired) electrons. The SMILES string of the molecule is O=C(OCc1nnc(-c2ccccc2)o1)[C@H]1CC(=O)N(CCc2ccccc2)C1. The van der Waals surface area contributed by atoms with Crippen molar-refractivity contribution in [2.75, 3.05) is 13.1 Å². The number of amides is 1. The molecule has 0 bridgehead atoms. The van der Waals surface area contributed by atoms with Gasteiger partial charge in [-0.3, -0.25) is 9.59 Å². The summed E-state index contributed by atoms with van der Waals surface area (Å²) in [7, 11) is 0. The van der Waals surface area contributed by atoms with Crippen LogP contribution in [0.3, 0.4) is 0 Å². The molecule has 1 amide bonds. The molecule has 1 aliphatic rings. The van der Waals surface area contributed by atoms with E-state index in [9.17, 15) is 9.59 Å². The largest absolute Gasteiger partial charge is 0.455 e. The summed E-state index contributed by atoms with van der Waals surface area (Å²) in [4.78, 5) is 26.3. The third-order valence-electron chi connectivity index (χ3n) is 4.89. The molecule has 1 atom stereocenters. The lowest BCUT2D eigenvalue weighted by atomic mass is 10.1. The number of hydrogen-bond acceptors (Lipinski definition) is 6. The normalized spacial score (nSPS) is 16.2. The Morgan fingerprint density at radius 3 is 2.55 bits per heavy atom. The maximum Gasteiger partial charge on any atom is 0.311 e. The Bertz CT molecular complexity index is 972. The van der Waals surface area contributed by atoms with Crippen LogP contribution in [0.1, 0.15) is 17.9 Å². The van der Waals surface area contributed by atoms with Crippen LogP contribution in [-0.4, -0.2) is 40.1 Å². The van der Waals surface area contributed by atoms with E-state index in [2.05, 4.69) is 10.2 Å². The first-order valence-electron chi connectivity index (χ1n) is 9.55. The summed E-state index contributed by atoms with van der Waals surface area (Å²) >= 11 is 0. The molecular weight excluding hydrogens is 370 g/mol. The van der Waals surface area contributed by atoms with Crippen LogP contribution >= 0.6 is 0 Å². The zero-order valence-corrected chi connectivity index (χ0v) is 15.9. The number of carbonyl (C=O) groups is 2. The Morgan fingerprint density at radius 1 is 1.07 bits per heavy atom. The molecule has 3 aromatic rings. The first-order valence-corrected chi connectivity index (χ1v) is 9.55. The van der Waals surface area contributed by atoms with Gasteiger partial charge in [-0.1, -0.05) is 48.5 Å². The number of esters is 1. The summed E-state index contributed by atoms with van der Waals surface area (Å²) < 4.78 is 10.8. The Kier molecular flexibility index (Phi) is 5.65. The standard InChI is InChI=1S/C22H21N3O4/c26-20-13-18(14-25(20)12-11-16-7-3-1-4-8-16)22(27)28-15-19-23-24-21(29-19)17-9-5-2-6-10-17/h1-10,18H,11-15H2/t18-/m0/s1. The fraction of sp³-hybridized carbons (Fsp3) is 0.273. The molecule has 7 nitrogen and oxygen atoms in total. The van der Waals surface area contributed by atoms with Gasteiger partial charge < -0.3 is 14.1 Å². The number of aromatic nitrogens is 2. The van der Waals surface area contributed by atoms with E-state index < -0.39 is 11.9 Å². The van der Waals surface area contributed by atoms with Crippen molar-refractivity contribution in [1.29, 1.82) is 0 Å². The smallest absolute Gasteiger partial charge is 0.311 e. The van der Waals surface area contributed by atoms with Gasteiger partial charge in [0.1, 0.15) is 0 Å². The van der Waals surface area contributed by atoms with Crippen LogP contribution in [0.5, 0.6) is 0 Å². The molecule has 1 fully saturated rings. The van der Waals surface area contributed by atoms with Crippen LogP contribution in [0, 0.1) is 5.92 Å². The minimum Gasteiger partial charge on any atom is -0.455 e. The predicted octanol–water partition coefficient (Wildman–Crippen LogP) is 2.87. The Hall–Kier alpha value is -3.48. The first kappa shape index (κ1) is 18.9. The van der Waals surface area contributed by atoms with Gasteiger partial charge in [0, 0.05) is 25.1 Å². The second kappa shape index (κ2) is 8.68. The van der Waals surface area contributed by atoms with E-state index in [0.717, 1.165) is 17.5 Å². The minimum atomic E-state index is -0.463. The zero-order valence-electron chi connectivity index (χ0n) is 15.9. The summed E-state index contributed by atoms with van der Waals surface area (Å²) in [5.41, 5.74) is 1.96. The van der Waals surface area contributed by atoms with Gasteiger partial charge in [0.25, 0.3) is 5.89 Å². The summed E-state index contributed by atoms with van der Waals surface area (Å²) in [5.74, 6) is -0.302. The molecule has 2 heterocycles. The molecule has 7 heteroatoms. The summed E-state index contributed by atoms with van der Waals surface area (Å²) in [6, 6.07) is 19.3. The maximum absolute atomic E-state index is 12.4. The molecule has 0 N–H and O–H groups in total. The number of likely N-dealkylation sites (tertiary alicyclic amines) is 1. The number of nitrogens with zero attached hydrogens (tertiary/aromatic N) is 3. The molecule has 4 rings (SSSR count). The number of ether oxygens (including phenoxy) is 1.